The van der Waals surface area contributed by atoms with E-state index in [0.29, 0.717) is 59.8 Å². The molecular weight excluding hydrogens is 489 g/mol. The molecule has 2 N–H and O–H groups in total. The molecule has 0 atom stereocenters. The molecule has 0 radical (unpaired) electrons. The molecule has 0 aromatic heterocycles. The van der Waals surface area contributed by atoms with Gasteiger partial charge < -0.3 is 25.2 Å². The number of ether oxygens (including phenoxy) is 1. The van der Waals surface area contributed by atoms with Crippen LogP contribution in [0.25, 0.3) is 5.69 Å². The lowest BCUT2D eigenvalue weighted by atomic mass is 10.1. The summed E-state index contributed by atoms with van der Waals surface area (Å²) >= 11 is 12.5. The second-order valence-electron chi connectivity index (χ2n) is 8.75. The SMILES string of the molecule is O=C(Nc1ccc(C(=O)N2CCOCC2)cc1)c1c2c3c(n1-2)NCCN3Cc1cc(Cl)ccc1Cl. The largest absolute Gasteiger partial charge is 0.378 e. The van der Waals surface area contributed by atoms with Crippen LogP contribution in [0.3, 0.4) is 0 Å². The molecule has 4 heterocycles. The van der Waals surface area contributed by atoms with E-state index in [1.807, 2.05) is 10.6 Å². The van der Waals surface area contributed by atoms with Crippen LogP contribution in [-0.4, -0.2) is 60.7 Å². The Morgan fingerprint density at radius 3 is 2.54 bits per heavy atom. The van der Waals surface area contributed by atoms with E-state index in [2.05, 4.69) is 15.5 Å². The van der Waals surface area contributed by atoms with Gasteiger partial charge in [0.05, 0.1) is 13.2 Å². The third-order valence-electron chi connectivity index (χ3n) is 6.56. The predicted molar refractivity (Wildman–Crippen MR) is 136 cm³/mol. The Kier molecular flexibility index (Phi) is 5.59. The van der Waals surface area contributed by atoms with Crippen LogP contribution in [0.1, 0.15) is 26.4 Å². The van der Waals surface area contributed by atoms with Crippen molar-refractivity contribution in [3.05, 3.63) is 69.3 Å². The maximum atomic E-state index is 13.0. The molecule has 0 bridgehead atoms. The standard InChI is InChI=1S/C25H23Cl2N5O3/c26-17-3-6-19(27)16(13-17)14-31-8-7-28-23-21(31)20-22(32(20)23)24(33)29-18-4-1-15(2-5-18)25(34)30-9-11-35-12-10-30/h1-6,13,28H,7-12,14H2,(H,29,33). The molecule has 0 aliphatic carbocycles. The normalized spacial score (nSPS) is 15.9. The number of anilines is 3. The van der Waals surface area contributed by atoms with E-state index in [9.17, 15) is 9.59 Å². The third kappa shape index (κ3) is 4.01. The first-order valence-corrected chi connectivity index (χ1v) is 12.3. The number of hydrogen-bond acceptors (Lipinski definition) is 5. The van der Waals surface area contributed by atoms with Crippen LogP contribution >= 0.6 is 23.2 Å². The van der Waals surface area contributed by atoms with Gasteiger partial charge in [-0.25, -0.2) is 0 Å². The molecule has 0 saturated carbocycles. The smallest absolute Gasteiger partial charge is 0.274 e. The third-order valence-corrected chi connectivity index (χ3v) is 7.16. The Hall–Kier alpha value is -3.20. The molecular formula is C25H23Cl2N5O3. The number of halogens is 2. The molecule has 8 nitrogen and oxygen atoms in total. The van der Waals surface area contributed by atoms with Crippen LogP contribution in [0, 0.1) is 0 Å². The van der Waals surface area contributed by atoms with Crippen molar-refractivity contribution >= 4 is 52.2 Å². The van der Waals surface area contributed by atoms with Crippen molar-refractivity contribution < 1.29 is 14.3 Å². The monoisotopic (exact) mass is 511 g/mol. The first-order chi connectivity index (χ1) is 17.0. The first-order valence-electron chi connectivity index (χ1n) is 11.5. The first kappa shape index (κ1) is 22.3. The lowest BCUT2D eigenvalue weighted by molar-refractivity contribution is 0.0303. The van der Waals surface area contributed by atoms with Crippen molar-refractivity contribution in [3.63, 3.8) is 0 Å². The second-order valence-corrected chi connectivity index (χ2v) is 9.59. The van der Waals surface area contributed by atoms with Crippen molar-refractivity contribution in [2.24, 2.45) is 0 Å². The predicted octanol–water partition coefficient (Wildman–Crippen LogP) is 4.25. The van der Waals surface area contributed by atoms with Crippen molar-refractivity contribution in [1.82, 2.24) is 9.47 Å². The number of hydrogen-bond donors (Lipinski definition) is 2. The molecule has 0 spiro atoms. The molecule has 2 amide bonds. The number of aromatic nitrogens is 1. The fourth-order valence-electron chi connectivity index (χ4n) is 4.73. The fraction of sp³-hybridized carbons (Fsp3) is 0.280. The Morgan fingerprint density at radius 2 is 1.77 bits per heavy atom. The van der Waals surface area contributed by atoms with Gasteiger partial charge in [0, 0.05) is 54.0 Å². The number of amides is 2. The van der Waals surface area contributed by atoms with Gasteiger partial charge in [0.2, 0.25) is 0 Å². The van der Waals surface area contributed by atoms with Gasteiger partial charge in [-0.2, -0.15) is 0 Å². The molecule has 4 aliphatic heterocycles. The van der Waals surface area contributed by atoms with Crippen LogP contribution in [0.5, 0.6) is 0 Å². The zero-order valence-electron chi connectivity index (χ0n) is 18.8. The zero-order chi connectivity index (χ0) is 24.1. The van der Waals surface area contributed by atoms with Gasteiger partial charge in [0.15, 0.2) is 0 Å². The Labute approximate surface area is 212 Å². The van der Waals surface area contributed by atoms with Crippen molar-refractivity contribution in [2.45, 2.75) is 6.54 Å². The maximum absolute atomic E-state index is 13.0. The fourth-order valence-corrected chi connectivity index (χ4v) is 5.10. The molecule has 1 fully saturated rings. The summed E-state index contributed by atoms with van der Waals surface area (Å²) in [6.07, 6.45) is 0. The topological polar surface area (TPSA) is 78.8 Å². The molecule has 2 aromatic carbocycles. The molecule has 180 valence electrons. The van der Waals surface area contributed by atoms with Gasteiger partial charge in [-0.15, -0.1) is 0 Å². The minimum Gasteiger partial charge on any atom is -0.378 e. The number of carbonyl (C=O) groups excluding carboxylic acids is 2. The lowest BCUT2D eigenvalue weighted by Crippen LogP contribution is -2.40. The van der Waals surface area contributed by atoms with E-state index < -0.39 is 0 Å². The maximum Gasteiger partial charge on any atom is 0.274 e. The van der Waals surface area contributed by atoms with E-state index in [4.69, 9.17) is 27.9 Å². The number of rotatable bonds is 5. The minimum atomic E-state index is -0.177. The number of carbonyl (C=O) groups is 2. The van der Waals surface area contributed by atoms with Gasteiger partial charge in [-0.3, -0.25) is 14.2 Å². The highest BCUT2D eigenvalue weighted by molar-refractivity contribution is 6.33. The van der Waals surface area contributed by atoms with Gasteiger partial charge in [0.25, 0.3) is 11.8 Å². The van der Waals surface area contributed by atoms with Crippen LogP contribution < -0.4 is 15.5 Å². The Balaban J connectivity index is 1.15. The van der Waals surface area contributed by atoms with Crippen LogP contribution in [0.2, 0.25) is 10.0 Å². The summed E-state index contributed by atoms with van der Waals surface area (Å²) in [5.74, 6) is 0.746. The summed E-state index contributed by atoms with van der Waals surface area (Å²) in [5.41, 5.74) is 4.79. The zero-order valence-corrected chi connectivity index (χ0v) is 20.3. The molecule has 10 heteroatoms. The summed E-state index contributed by atoms with van der Waals surface area (Å²) < 4.78 is 7.25. The second kappa shape index (κ2) is 8.78. The molecule has 1 saturated heterocycles. The van der Waals surface area contributed by atoms with Crippen LogP contribution in [-0.2, 0) is 11.3 Å². The lowest BCUT2D eigenvalue weighted by Gasteiger charge is -2.34. The van der Waals surface area contributed by atoms with Gasteiger partial charge in [0.1, 0.15) is 22.9 Å². The van der Waals surface area contributed by atoms with Gasteiger partial charge in [-0.1, -0.05) is 23.2 Å². The Morgan fingerprint density at radius 1 is 1.00 bits per heavy atom. The minimum absolute atomic E-state index is 0.0229. The van der Waals surface area contributed by atoms with Crippen molar-refractivity contribution in [1.29, 1.82) is 0 Å². The summed E-state index contributed by atoms with van der Waals surface area (Å²) in [6.45, 7) is 4.49. The van der Waals surface area contributed by atoms with Crippen molar-refractivity contribution in [2.75, 3.05) is 54.9 Å². The summed E-state index contributed by atoms with van der Waals surface area (Å²) in [6, 6.07) is 12.5. The highest BCUT2D eigenvalue weighted by Crippen LogP contribution is 2.54. The molecule has 4 aliphatic rings. The number of nitrogens with zero attached hydrogens (tertiary/aromatic N) is 3. The van der Waals surface area contributed by atoms with Crippen LogP contribution in [0.4, 0.5) is 17.2 Å². The van der Waals surface area contributed by atoms with Crippen molar-refractivity contribution in [3.8, 4) is 5.69 Å². The molecule has 6 rings (SSSR count). The van der Waals surface area contributed by atoms with E-state index in [0.717, 1.165) is 35.8 Å². The van der Waals surface area contributed by atoms with E-state index in [1.54, 1.807) is 41.3 Å². The van der Waals surface area contributed by atoms with Crippen LogP contribution in [0.15, 0.2) is 42.5 Å². The summed E-state index contributed by atoms with van der Waals surface area (Å²) in [4.78, 5) is 29.6. The van der Waals surface area contributed by atoms with Gasteiger partial charge >= 0.3 is 0 Å². The summed E-state index contributed by atoms with van der Waals surface area (Å²) in [5, 5.41) is 7.65. The number of morpholine rings is 1. The quantitative estimate of drug-likeness (QED) is 0.418. The molecule has 0 unspecified atom stereocenters. The number of benzene rings is 2. The number of nitrogens with one attached hydrogen (secondary N) is 2. The highest BCUT2D eigenvalue weighted by Gasteiger charge is 2.45. The highest BCUT2D eigenvalue weighted by atomic mass is 35.5. The Bertz CT molecular complexity index is 1330. The average Bonchev–Trinajstić information content (AvgIpc) is 3.53. The van der Waals surface area contributed by atoms with E-state index in [-0.39, 0.29) is 11.8 Å². The van der Waals surface area contributed by atoms with Gasteiger partial charge in [-0.05, 0) is 48.0 Å². The molecule has 35 heavy (non-hydrogen) atoms. The van der Waals surface area contributed by atoms with E-state index in [1.165, 1.54) is 0 Å². The summed E-state index contributed by atoms with van der Waals surface area (Å²) in [7, 11) is 0. The average molecular weight is 512 g/mol. The molecule has 2 aromatic rings. The van der Waals surface area contributed by atoms with E-state index >= 15 is 0 Å². The number of fused-ring (bicyclic) bond motifs is 4.